The Morgan fingerprint density at radius 2 is 2.09 bits per heavy atom. The van der Waals surface area contributed by atoms with Crippen LogP contribution in [0.5, 0.6) is 5.75 Å². The van der Waals surface area contributed by atoms with Gasteiger partial charge in [-0.3, -0.25) is 4.79 Å². The van der Waals surface area contributed by atoms with E-state index >= 15 is 0 Å². The summed E-state index contributed by atoms with van der Waals surface area (Å²) in [6.07, 6.45) is 1.33. The molecule has 0 saturated carbocycles. The molecule has 1 heterocycles. The van der Waals surface area contributed by atoms with Gasteiger partial charge in [-0.1, -0.05) is 18.2 Å². The van der Waals surface area contributed by atoms with E-state index in [1.54, 1.807) is 31.2 Å². The molecule has 0 atom stereocenters. The van der Waals surface area contributed by atoms with Gasteiger partial charge in [-0.05, 0) is 36.8 Å². The van der Waals surface area contributed by atoms with Gasteiger partial charge >= 0.3 is 5.91 Å². The normalized spacial score (nSPS) is 11.2. The number of fused-ring (bicyclic) bond motifs is 1. The van der Waals surface area contributed by atoms with Crippen LogP contribution in [0.25, 0.3) is 11.0 Å². The van der Waals surface area contributed by atoms with E-state index in [9.17, 15) is 14.3 Å². The quantitative estimate of drug-likeness (QED) is 0.575. The van der Waals surface area contributed by atoms with Gasteiger partial charge in [0.25, 0.3) is 0 Å². The first-order chi connectivity index (χ1) is 11.1. The van der Waals surface area contributed by atoms with Gasteiger partial charge in [0.2, 0.25) is 0 Å². The van der Waals surface area contributed by atoms with E-state index in [1.807, 2.05) is 0 Å². The number of phenolic OH excluding ortho intramolecular Hbond substituents is 1. The van der Waals surface area contributed by atoms with Crippen molar-refractivity contribution in [3.8, 4) is 5.75 Å². The monoisotopic (exact) mass is 312 g/mol. The summed E-state index contributed by atoms with van der Waals surface area (Å²) in [6, 6.07) is 10.6. The van der Waals surface area contributed by atoms with E-state index in [0.29, 0.717) is 22.1 Å². The Hall–Kier alpha value is -3.15. The number of halogens is 1. The number of furan rings is 1. The first-order valence-corrected chi connectivity index (χ1v) is 6.86. The highest BCUT2D eigenvalue weighted by atomic mass is 19.1. The SMILES string of the molecule is Cc1c(C(=O)N/N=C/c2cccc(F)c2)oc2cccc(O)c12. The van der Waals surface area contributed by atoms with Crippen molar-refractivity contribution in [3.63, 3.8) is 0 Å². The van der Waals surface area contributed by atoms with Crippen LogP contribution in [0.2, 0.25) is 0 Å². The second kappa shape index (κ2) is 5.92. The number of aryl methyl sites for hydroxylation is 1. The Morgan fingerprint density at radius 1 is 1.30 bits per heavy atom. The number of benzene rings is 2. The third kappa shape index (κ3) is 2.91. The molecule has 0 aliphatic carbocycles. The second-order valence-corrected chi connectivity index (χ2v) is 4.96. The molecule has 0 aliphatic heterocycles. The molecule has 1 aromatic heterocycles. The smallest absolute Gasteiger partial charge is 0.307 e. The minimum atomic E-state index is -0.550. The number of hydrogen-bond donors (Lipinski definition) is 2. The summed E-state index contributed by atoms with van der Waals surface area (Å²) in [5.74, 6) is -0.821. The molecule has 2 N–H and O–H groups in total. The molecular formula is C17H13FN2O3. The molecule has 0 bridgehead atoms. The van der Waals surface area contributed by atoms with Gasteiger partial charge in [0.15, 0.2) is 5.76 Å². The molecule has 5 nitrogen and oxygen atoms in total. The lowest BCUT2D eigenvalue weighted by atomic mass is 10.1. The van der Waals surface area contributed by atoms with Gasteiger partial charge in [-0.2, -0.15) is 5.10 Å². The number of phenols is 1. The van der Waals surface area contributed by atoms with Crippen LogP contribution in [-0.2, 0) is 0 Å². The summed E-state index contributed by atoms with van der Waals surface area (Å²) < 4.78 is 18.5. The van der Waals surface area contributed by atoms with Crippen molar-refractivity contribution in [2.45, 2.75) is 6.92 Å². The van der Waals surface area contributed by atoms with Crippen LogP contribution in [0.15, 0.2) is 52.0 Å². The van der Waals surface area contributed by atoms with Gasteiger partial charge < -0.3 is 9.52 Å². The van der Waals surface area contributed by atoms with Crippen LogP contribution < -0.4 is 5.43 Å². The average molecular weight is 312 g/mol. The second-order valence-electron chi connectivity index (χ2n) is 4.96. The summed E-state index contributed by atoms with van der Waals surface area (Å²) in [7, 11) is 0. The number of aromatic hydroxyl groups is 1. The average Bonchev–Trinajstić information content (AvgIpc) is 2.86. The third-order valence-electron chi connectivity index (χ3n) is 3.37. The van der Waals surface area contributed by atoms with E-state index in [-0.39, 0.29) is 17.3 Å². The van der Waals surface area contributed by atoms with Gasteiger partial charge in [-0.25, -0.2) is 9.82 Å². The summed E-state index contributed by atoms with van der Waals surface area (Å²) in [5.41, 5.74) is 3.78. The Kier molecular flexibility index (Phi) is 3.80. The molecule has 0 spiro atoms. The number of hydrazone groups is 1. The molecule has 0 unspecified atom stereocenters. The van der Waals surface area contributed by atoms with Crippen molar-refractivity contribution in [1.29, 1.82) is 0 Å². The fourth-order valence-electron chi connectivity index (χ4n) is 2.30. The Balaban J connectivity index is 1.81. The first kappa shape index (κ1) is 14.8. The maximum Gasteiger partial charge on any atom is 0.307 e. The van der Waals surface area contributed by atoms with Crippen LogP contribution in [-0.4, -0.2) is 17.2 Å². The predicted molar refractivity (Wildman–Crippen MR) is 84.1 cm³/mol. The van der Waals surface area contributed by atoms with Gasteiger partial charge in [0.05, 0.1) is 11.6 Å². The number of nitrogens with zero attached hydrogens (tertiary/aromatic N) is 1. The molecule has 0 radical (unpaired) electrons. The largest absolute Gasteiger partial charge is 0.507 e. The van der Waals surface area contributed by atoms with E-state index in [0.717, 1.165) is 0 Å². The van der Waals surface area contributed by atoms with E-state index in [4.69, 9.17) is 4.42 Å². The van der Waals surface area contributed by atoms with Gasteiger partial charge in [0.1, 0.15) is 17.1 Å². The molecule has 2 aromatic carbocycles. The molecule has 3 aromatic rings. The highest BCUT2D eigenvalue weighted by Crippen LogP contribution is 2.32. The van der Waals surface area contributed by atoms with Gasteiger partial charge in [0, 0.05) is 5.56 Å². The minimum Gasteiger partial charge on any atom is -0.507 e. The van der Waals surface area contributed by atoms with Crippen LogP contribution in [0, 0.1) is 12.7 Å². The molecule has 0 saturated heterocycles. The fourth-order valence-corrected chi connectivity index (χ4v) is 2.30. The van der Waals surface area contributed by atoms with Crippen molar-refractivity contribution in [3.05, 3.63) is 65.2 Å². The molecule has 3 rings (SSSR count). The zero-order chi connectivity index (χ0) is 16.4. The van der Waals surface area contributed by atoms with E-state index in [2.05, 4.69) is 10.5 Å². The summed E-state index contributed by atoms with van der Waals surface area (Å²) in [6.45, 7) is 1.68. The highest BCUT2D eigenvalue weighted by Gasteiger charge is 2.19. The first-order valence-electron chi connectivity index (χ1n) is 6.86. The van der Waals surface area contributed by atoms with Crippen molar-refractivity contribution < 1.29 is 18.7 Å². The Morgan fingerprint density at radius 3 is 2.83 bits per heavy atom. The molecule has 23 heavy (non-hydrogen) atoms. The lowest BCUT2D eigenvalue weighted by Gasteiger charge is -1.98. The van der Waals surface area contributed by atoms with Crippen molar-refractivity contribution in [2.24, 2.45) is 5.10 Å². The van der Waals surface area contributed by atoms with E-state index in [1.165, 1.54) is 24.4 Å². The maximum absolute atomic E-state index is 13.0. The minimum absolute atomic E-state index is 0.0473. The number of amides is 1. The summed E-state index contributed by atoms with van der Waals surface area (Å²) >= 11 is 0. The third-order valence-corrected chi connectivity index (χ3v) is 3.37. The molecule has 0 fully saturated rings. The standard InChI is InChI=1S/C17H13FN2O3/c1-10-15-13(21)6-3-7-14(15)23-16(10)17(22)20-19-9-11-4-2-5-12(18)8-11/h2-9,21H,1H3,(H,20,22)/b19-9+. The van der Waals surface area contributed by atoms with E-state index < -0.39 is 5.91 Å². The molecule has 116 valence electrons. The predicted octanol–water partition coefficient (Wildman–Crippen LogP) is 3.35. The molecule has 6 heteroatoms. The van der Waals surface area contributed by atoms with Crippen LogP contribution in [0.3, 0.4) is 0 Å². The zero-order valence-electron chi connectivity index (χ0n) is 12.2. The van der Waals surface area contributed by atoms with Crippen molar-refractivity contribution in [2.75, 3.05) is 0 Å². The number of hydrogen-bond acceptors (Lipinski definition) is 4. The maximum atomic E-state index is 13.0. The zero-order valence-corrected chi connectivity index (χ0v) is 12.2. The Labute approximate surface area is 131 Å². The summed E-state index contributed by atoms with van der Waals surface area (Å²) in [4.78, 5) is 12.1. The summed E-state index contributed by atoms with van der Waals surface area (Å²) in [5, 5.41) is 14.1. The molecule has 1 amide bonds. The van der Waals surface area contributed by atoms with Crippen LogP contribution in [0.4, 0.5) is 4.39 Å². The lowest BCUT2D eigenvalue weighted by Crippen LogP contribution is -2.17. The van der Waals surface area contributed by atoms with Crippen molar-refractivity contribution in [1.82, 2.24) is 5.43 Å². The Bertz CT molecular complexity index is 915. The number of carbonyl (C=O) groups excluding carboxylic acids is 1. The number of rotatable bonds is 3. The molecule has 0 aliphatic rings. The van der Waals surface area contributed by atoms with Crippen LogP contribution in [0.1, 0.15) is 21.7 Å². The van der Waals surface area contributed by atoms with Crippen LogP contribution >= 0.6 is 0 Å². The van der Waals surface area contributed by atoms with Gasteiger partial charge in [-0.15, -0.1) is 0 Å². The molecular weight excluding hydrogens is 299 g/mol. The number of nitrogens with one attached hydrogen (secondary N) is 1. The fraction of sp³-hybridized carbons (Fsp3) is 0.0588. The highest BCUT2D eigenvalue weighted by molar-refractivity contribution is 6.00. The number of carbonyl (C=O) groups is 1. The van der Waals surface area contributed by atoms with Crippen molar-refractivity contribution >= 4 is 23.1 Å². The topological polar surface area (TPSA) is 74.8 Å². The lowest BCUT2D eigenvalue weighted by molar-refractivity contribution is 0.0929.